The lowest BCUT2D eigenvalue weighted by molar-refractivity contribution is -0.0511. The minimum Gasteiger partial charge on any atom is -0.394 e. The normalized spacial score (nSPS) is 26.7. The van der Waals surface area contributed by atoms with Gasteiger partial charge in [0, 0.05) is 28.6 Å². The van der Waals surface area contributed by atoms with Gasteiger partial charge in [-0.15, -0.1) is 0 Å². The number of fused-ring (bicyclic) bond motifs is 1. The highest BCUT2D eigenvalue weighted by Gasteiger charge is 2.44. The molecule has 138 valence electrons. The molecule has 0 aliphatic carbocycles. The molecule has 1 aliphatic rings. The number of hydrogen-bond donors (Lipinski definition) is 4. The molecule has 1 fully saturated rings. The van der Waals surface area contributed by atoms with Crippen molar-refractivity contribution in [3.8, 4) is 0 Å². The summed E-state index contributed by atoms with van der Waals surface area (Å²) < 4.78 is 7.69. The Bertz CT molecular complexity index is 738. The maximum absolute atomic E-state index is 10.3. The number of rotatable bonds is 6. The summed E-state index contributed by atoms with van der Waals surface area (Å²) in [6.45, 7) is 3.82. The van der Waals surface area contributed by atoms with Crippen LogP contribution in [0.5, 0.6) is 0 Å². The third-order valence-corrected chi connectivity index (χ3v) is 4.99. The van der Waals surface area contributed by atoms with Gasteiger partial charge >= 0.3 is 0 Å². The first kappa shape index (κ1) is 18.7. The highest BCUT2D eigenvalue weighted by Crippen LogP contribution is 2.32. The van der Waals surface area contributed by atoms with E-state index in [-0.39, 0.29) is 12.6 Å². The monoisotopic (exact) mass is 463 g/mol. The van der Waals surface area contributed by atoms with Crippen LogP contribution in [0.25, 0.3) is 11.2 Å². The molecule has 0 amide bonds. The van der Waals surface area contributed by atoms with E-state index in [9.17, 15) is 15.3 Å². The van der Waals surface area contributed by atoms with Crippen molar-refractivity contribution in [3.63, 3.8) is 0 Å². The van der Waals surface area contributed by atoms with E-state index in [1.807, 2.05) is 22.6 Å². The van der Waals surface area contributed by atoms with E-state index in [0.29, 0.717) is 20.8 Å². The van der Waals surface area contributed by atoms with Crippen LogP contribution >= 0.6 is 22.6 Å². The lowest BCUT2D eigenvalue weighted by Crippen LogP contribution is -2.33. The molecule has 1 saturated heterocycles. The van der Waals surface area contributed by atoms with Crippen molar-refractivity contribution in [2.45, 2.75) is 57.3 Å². The number of halogens is 1. The molecule has 1 aliphatic heterocycles. The van der Waals surface area contributed by atoms with Gasteiger partial charge in [-0.1, -0.05) is 13.8 Å². The van der Waals surface area contributed by atoms with Crippen molar-refractivity contribution >= 4 is 39.6 Å². The molecule has 3 heterocycles. The molecular formula is C15H22IN5O4. The van der Waals surface area contributed by atoms with Gasteiger partial charge in [-0.3, -0.25) is 4.57 Å². The number of nitrogens with zero attached hydrogens (tertiary/aromatic N) is 4. The molecule has 0 aromatic carbocycles. The quantitative estimate of drug-likeness (QED) is 0.364. The molecule has 0 saturated carbocycles. The zero-order valence-electron chi connectivity index (χ0n) is 14.0. The number of imidazole rings is 1. The molecule has 25 heavy (non-hydrogen) atoms. The second-order valence-electron chi connectivity index (χ2n) is 6.05. The molecule has 10 heteroatoms. The summed E-state index contributed by atoms with van der Waals surface area (Å²) in [6.07, 6.45) is -0.659. The zero-order chi connectivity index (χ0) is 18.1. The van der Waals surface area contributed by atoms with Crippen LogP contribution in [0, 0.1) is 3.83 Å². The first-order valence-electron chi connectivity index (χ1n) is 8.29. The Kier molecular flexibility index (Phi) is 5.73. The second-order valence-corrected chi connectivity index (χ2v) is 7.02. The van der Waals surface area contributed by atoms with Crippen LogP contribution in [0.3, 0.4) is 0 Å². The molecule has 0 spiro atoms. The minimum atomic E-state index is -1.18. The smallest absolute Gasteiger partial charge is 0.194 e. The van der Waals surface area contributed by atoms with Crippen LogP contribution in [0.15, 0.2) is 6.33 Å². The fourth-order valence-electron chi connectivity index (χ4n) is 2.97. The fraction of sp³-hybridized carbons (Fsp3) is 0.667. The molecule has 9 nitrogen and oxygen atoms in total. The van der Waals surface area contributed by atoms with Gasteiger partial charge in [0.25, 0.3) is 0 Å². The van der Waals surface area contributed by atoms with Crippen molar-refractivity contribution in [1.29, 1.82) is 0 Å². The van der Waals surface area contributed by atoms with Crippen molar-refractivity contribution in [2.75, 3.05) is 11.9 Å². The highest BCUT2D eigenvalue weighted by molar-refractivity contribution is 14.1. The zero-order valence-corrected chi connectivity index (χ0v) is 16.2. The van der Waals surface area contributed by atoms with E-state index < -0.39 is 24.5 Å². The van der Waals surface area contributed by atoms with Crippen LogP contribution in [-0.4, -0.2) is 65.8 Å². The van der Waals surface area contributed by atoms with E-state index in [4.69, 9.17) is 4.74 Å². The Morgan fingerprint density at radius 1 is 1.28 bits per heavy atom. The van der Waals surface area contributed by atoms with Gasteiger partial charge in [-0.2, -0.15) is 0 Å². The minimum absolute atomic E-state index is 0.271. The first-order chi connectivity index (χ1) is 12.0. The highest BCUT2D eigenvalue weighted by atomic mass is 127. The topological polar surface area (TPSA) is 126 Å². The largest absolute Gasteiger partial charge is 0.394 e. The van der Waals surface area contributed by atoms with Gasteiger partial charge in [0.2, 0.25) is 0 Å². The molecular weight excluding hydrogens is 441 g/mol. The Labute approximate surface area is 158 Å². The van der Waals surface area contributed by atoms with Gasteiger partial charge in [-0.25, -0.2) is 15.0 Å². The predicted octanol–water partition coefficient (Wildman–Crippen LogP) is 0.643. The van der Waals surface area contributed by atoms with E-state index in [0.717, 1.165) is 12.8 Å². The van der Waals surface area contributed by atoms with Crippen LogP contribution in [0.1, 0.15) is 32.9 Å². The van der Waals surface area contributed by atoms with Crippen molar-refractivity contribution in [3.05, 3.63) is 10.2 Å². The molecule has 4 N–H and O–H groups in total. The fourth-order valence-corrected chi connectivity index (χ4v) is 3.44. The van der Waals surface area contributed by atoms with Crippen LogP contribution in [-0.2, 0) is 4.74 Å². The van der Waals surface area contributed by atoms with Gasteiger partial charge in [0.15, 0.2) is 27.0 Å². The lowest BCUT2D eigenvalue weighted by Gasteiger charge is -2.18. The molecule has 0 bridgehead atoms. The first-order valence-corrected chi connectivity index (χ1v) is 9.37. The van der Waals surface area contributed by atoms with Crippen LogP contribution < -0.4 is 5.32 Å². The maximum atomic E-state index is 10.3. The SMILES string of the molecule is CCC(CC)Nc1nc(I)nc2c1ncn2[C@@H]1O[C@H](CO)C(O)C1O. The van der Waals surface area contributed by atoms with Gasteiger partial charge in [-0.05, 0) is 12.8 Å². The van der Waals surface area contributed by atoms with Crippen LogP contribution in [0.4, 0.5) is 5.82 Å². The summed E-state index contributed by atoms with van der Waals surface area (Å²) in [5.74, 6) is 0.633. The van der Waals surface area contributed by atoms with Crippen molar-refractivity contribution < 1.29 is 20.1 Å². The summed E-state index contributed by atoms with van der Waals surface area (Å²) in [5.41, 5.74) is 1.08. The number of hydrogen-bond acceptors (Lipinski definition) is 8. The van der Waals surface area contributed by atoms with Gasteiger partial charge in [0.05, 0.1) is 12.9 Å². The number of aliphatic hydroxyl groups excluding tert-OH is 3. The van der Waals surface area contributed by atoms with Crippen LogP contribution in [0.2, 0.25) is 0 Å². The molecule has 2 aromatic heterocycles. The average molecular weight is 463 g/mol. The van der Waals surface area contributed by atoms with E-state index in [1.165, 1.54) is 6.33 Å². The number of aromatic nitrogens is 4. The van der Waals surface area contributed by atoms with E-state index >= 15 is 0 Å². The number of ether oxygens (including phenoxy) is 1. The molecule has 3 rings (SSSR count). The Balaban J connectivity index is 2.00. The Morgan fingerprint density at radius 2 is 2.00 bits per heavy atom. The van der Waals surface area contributed by atoms with Crippen molar-refractivity contribution in [1.82, 2.24) is 19.5 Å². The number of aliphatic hydroxyl groups is 3. The molecule has 2 aromatic rings. The average Bonchev–Trinajstić information content (AvgIpc) is 3.14. The number of anilines is 1. The molecule has 4 atom stereocenters. The standard InChI is InChI=1S/C15H22IN5O4/c1-3-7(4-2)18-12-9-13(20-15(16)19-12)21(6-17-9)14-11(24)10(23)8(5-22)25-14/h6-8,10-11,14,22-24H,3-5H2,1-2H3,(H,18,19,20)/t8-,10?,11?,14-/m1/s1. The number of nitrogens with one attached hydrogen (secondary N) is 1. The van der Waals surface area contributed by atoms with Gasteiger partial charge < -0.3 is 25.4 Å². The Hall–Kier alpha value is -1.08. The summed E-state index contributed by atoms with van der Waals surface area (Å²) in [7, 11) is 0. The summed E-state index contributed by atoms with van der Waals surface area (Å²) in [6, 6.07) is 0.271. The van der Waals surface area contributed by atoms with E-state index in [2.05, 4.69) is 34.1 Å². The summed E-state index contributed by atoms with van der Waals surface area (Å²) in [4.78, 5) is 13.2. The summed E-state index contributed by atoms with van der Waals surface area (Å²) >= 11 is 2.03. The third-order valence-electron chi connectivity index (χ3n) is 4.51. The molecule has 2 unspecified atom stereocenters. The summed E-state index contributed by atoms with van der Waals surface area (Å²) in [5, 5.41) is 32.9. The second kappa shape index (κ2) is 7.66. The van der Waals surface area contributed by atoms with Gasteiger partial charge in [0.1, 0.15) is 18.3 Å². The van der Waals surface area contributed by atoms with Crippen molar-refractivity contribution in [2.24, 2.45) is 0 Å². The molecule has 0 radical (unpaired) electrons. The Morgan fingerprint density at radius 3 is 2.60 bits per heavy atom. The van der Waals surface area contributed by atoms with E-state index in [1.54, 1.807) is 4.57 Å². The third kappa shape index (κ3) is 3.45. The maximum Gasteiger partial charge on any atom is 0.194 e. The lowest BCUT2D eigenvalue weighted by atomic mass is 10.1. The predicted molar refractivity (Wildman–Crippen MR) is 99.0 cm³/mol.